The van der Waals surface area contributed by atoms with Crippen molar-refractivity contribution < 1.29 is 22.7 Å². The molecule has 3 rings (SSSR count). The maximum Gasteiger partial charge on any atom is 0.222 e. The highest BCUT2D eigenvalue weighted by atomic mass is 32.2. The van der Waals surface area contributed by atoms with Crippen molar-refractivity contribution in [3.05, 3.63) is 0 Å². The molecule has 1 amide bonds. The Kier molecular flexibility index (Phi) is 4.25. The first kappa shape index (κ1) is 15.2. The SMILES string of the molecule is O=C(CC1CCS(=O)(=O)CC1)N1CCC2(CC1)OCCO2. The molecule has 120 valence electrons. The molecular weight excluding hydrogens is 294 g/mol. The lowest BCUT2D eigenvalue weighted by Gasteiger charge is -2.38. The highest BCUT2D eigenvalue weighted by Crippen LogP contribution is 2.32. The number of rotatable bonds is 2. The van der Waals surface area contributed by atoms with Crippen molar-refractivity contribution in [3.63, 3.8) is 0 Å². The van der Waals surface area contributed by atoms with E-state index in [0.29, 0.717) is 45.6 Å². The van der Waals surface area contributed by atoms with Crippen LogP contribution in [-0.4, -0.2) is 62.8 Å². The number of sulfone groups is 1. The molecule has 0 unspecified atom stereocenters. The zero-order valence-electron chi connectivity index (χ0n) is 12.3. The normalized spacial score (nSPS) is 28.9. The van der Waals surface area contributed by atoms with Crippen LogP contribution in [0.15, 0.2) is 0 Å². The Morgan fingerprint density at radius 3 is 2.24 bits per heavy atom. The Morgan fingerprint density at radius 2 is 1.67 bits per heavy atom. The molecule has 3 saturated heterocycles. The molecule has 0 aromatic carbocycles. The van der Waals surface area contributed by atoms with E-state index in [-0.39, 0.29) is 23.3 Å². The van der Waals surface area contributed by atoms with Gasteiger partial charge in [-0.1, -0.05) is 0 Å². The maximum atomic E-state index is 12.3. The Morgan fingerprint density at radius 1 is 1.10 bits per heavy atom. The number of amides is 1. The van der Waals surface area contributed by atoms with Gasteiger partial charge >= 0.3 is 0 Å². The van der Waals surface area contributed by atoms with Crippen molar-refractivity contribution in [3.8, 4) is 0 Å². The lowest BCUT2D eigenvalue weighted by molar-refractivity contribution is -0.187. The van der Waals surface area contributed by atoms with Gasteiger partial charge in [0.1, 0.15) is 9.84 Å². The zero-order valence-corrected chi connectivity index (χ0v) is 13.1. The number of nitrogens with zero attached hydrogens (tertiary/aromatic N) is 1. The summed E-state index contributed by atoms with van der Waals surface area (Å²) in [5.74, 6) is 0.379. The van der Waals surface area contributed by atoms with Crippen molar-refractivity contribution in [1.82, 2.24) is 4.90 Å². The molecule has 3 aliphatic heterocycles. The molecule has 3 fully saturated rings. The second-order valence-electron chi connectivity index (χ2n) is 6.29. The van der Waals surface area contributed by atoms with Crippen LogP contribution < -0.4 is 0 Å². The van der Waals surface area contributed by atoms with Gasteiger partial charge in [0.15, 0.2) is 5.79 Å². The van der Waals surface area contributed by atoms with E-state index in [1.54, 1.807) is 0 Å². The van der Waals surface area contributed by atoms with Gasteiger partial charge in [-0.2, -0.15) is 0 Å². The average Bonchev–Trinajstić information content (AvgIpc) is 2.90. The summed E-state index contributed by atoms with van der Waals surface area (Å²) in [4.78, 5) is 14.2. The van der Waals surface area contributed by atoms with Crippen LogP contribution in [0.3, 0.4) is 0 Å². The van der Waals surface area contributed by atoms with Crippen molar-refractivity contribution in [1.29, 1.82) is 0 Å². The second kappa shape index (κ2) is 5.85. The molecule has 0 aromatic heterocycles. The Hall–Kier alpha value is -0.660. The van der Waals surface area contributed by atoms with E-state index in [1.165, 1.54) is 0 Å². The molecule has 1 spiro atoms. The summed E-state index contributed by atoms with van der Waals surface area (Å²) < 4.78 is 34.1. The van der Waals surface area contributed by atoms with Crippen LogP contribution in [0.2, 0.25) is 0 Å². The molecule has 0 saturated carbocycles. The summed E-state index contributed by atoms with van der Waals surface area (Å²) in [6.07, 6.45) is 3.19. The molecule has 3 heterocycles. The highest BCUT2D eigenvalue weighted by molar-refractivity contribution is 7.91. The molecular formula is C14H23NO5S. The van der Waals surface area contributed by atoms with Gasteiger partial charge in [0, 0.05) is 32.4 Å². The van der Waals surface area contributed by atoms with Crippen molar-refractivity contribution in [2.75, 3.05) is 37.8 Å². The number of hydrogen-bond donors (Lipinski definition) is 0. The third-order valence-electron chi connectivity index (χ3n) is 4.83. The first-order valence-electron chi connectivity index (χ1n) is 7.74. The standard InChI is InChI=1S/C14H23NO5S/c16-13(11-12-1-9-21(17,18)10-2-12)15-5-3-14(4-6-15)19-7-8-20-14/h12H,1-11H2. The summed E-state index contributed by atoms with van der Waals surface area (Å²) in [7, 11) is -2.85. The predicted molar refractivity (Wildman–Crippen MR) is 76.4 cm³/mol. The van der Waals surface area contributed by atoms with E-state index in [4.69, 9.17) is 9.47 Å². The Labute approximate surface area is 125 Å². The first-order chi connectivity index (χ1) is 9.98. The fraction of sp³-hybridized carbons (Fsp3) is 0.929. The third-order valence-corrected chi connectivity index (χ3v) is 6.54. The Balaban J connectivity index is 1.46. The number of likely N-dealkylation sites (tertiary alicyclic amines) is 1. The molecule has 21 heavy (non-hydrogen) atoms. The van der Waals surface area contributed by atoms with Crippen LogP contribution in [0.4, 0.5) is 0 Å². The van der Waals surface area contributed by atoms with Crippen LogP contribution in [0, 0.1) is 5.92 Å². The molecule has 6 nitrogen and oxygen atoms in total. The minimum atomic E-state index is -2.85. The average molecular weight is 317 g/mol. The quantitative estimate of drug-likeness (QED) is 0.744. The molecule has 7 heteroatoms. The zero-order chi connectivity index (χ0) is 14.9. The summed E-state index contributed by atoms with van der Waals surface area (Å²) in [5, 5.41) is 0. The molecule has 3 aliphatic rings. The smallest absolute Gasteiger partial charge is 0.222 e. The van der Waals surface area contributed by atoms with Gasteiger partial charge in [-0.05, 0) is 18.8 Å². The van der Waals surface area contributed by atoms with Gasteiger partial charge < -0.3 is 14.4 Å². The van der Waals surface area contributed by atoms with Crippen LogP contribution in [0.5, 0.6) is 0 Å². The van der Waals surface area contributed by atoms with Crippen molar-refractivity contribution in [2.45, 2.75) is 37.9 Å². The van der Waals surface area contributed by atoms with E-state index in [2.05, 4.69) is 0 Å². The van der Waals surface area contributed by atoms with Gasteiger partial charge in [0.25, 0.3) is 0 Å². The van der Waals surface area contributed by atoms with E-state index < -0.39 is 15.6 Å². The monoisotopic (exact) mass is 317 g/mol. The fourth-order valence-electron chi connectivity index (χ4n) is 3.40. The predicted octanol–water partition coefficient (Wildman–Crippen LogP) is 0.567. The second-order valence-corrected chi connectivity index (χ2v) is 8.59. The van der Waals surface area contributed by atoms with Crippen LogP contribution in [-0.2, 0) is 24.1 Å². The van der Waals surface area contributed by atoms with Gasteiger partial charge in [-0.3, -0.25) is 4.79 Å². The van der Waals surface area contributed by atoms with Crippen LogP contribution >= 0.6 is 0 Å². The first-order valence-corrected chi connectivity index (χ1v) is 9.56. The summed E-state index contributed by atoms with van der Waals surface area (Å²) in [5.41, 5.74) is 0. The number of carbonyl (C=O) groups excluding carboxylic acids is 1. The van der Waals surface area contributed by atoms with E-state index in [9.17, 15) is 13.2 Å². The lowest BCUT2D eigenvalue weighted by atomic mass is 9.96. The van der Waals surface area contributed by atoms with E-state index >= 15 is 0 Å². The highest BCUT2D eigenvalue weighted by Gasteiger charge is 2.41. The molecule has 0 bridgehead atoms. The van der Waals surface area contributed by atoms with Crippen molar-refractivity contribution in [2.24, 2.45) is 5.92 Å². The van der Waals surface area contributed by atoms with Gasteiger partial charge in [-0.25, -0.2) is 8.42 Å². The third kappa shape index (κ3) is 3.57. The van der Waals surface area contributed by atoms with Gasteiger partial charge in [0.05, 0.1) is 24.7 Å². The molecule has 0 radical (unpaired) electrons. The van der Waals surface area contributed by atoms with Crippen LogP contribution in [0.1, 0.15) is 32.1 Å². The number of carbonyl (C=O) groups is 1. The summed E-state index contributed by atoms with van der Waals surface area (Å²) >= 11 is 0. The fourth-order valence-corrected chi connectivity index (χ4v) is 4.99. The largest absolute Gasteiger partial charge is 0.347 e. The topological polar surface area (TPSA) is 72.9 Å². The van der Waals surface area contributed by atoms with Crippen LogP contribution in [0.25, 0.3) is 0 Å². The van der Waals surface area contributed by atoms with E-state index in [1.807, 2.05) is 4.90 Å². The Bertz CT molecular complexity index is 473. The minimum absolute atomic E-state index is 0.146. The molecule has 0 N–H and O–H groups in total. The lowest BCUT2D eigenvalue weighted by Crippen LogP contribution is -2.47. The van der Waals surface area contributed by atoms with E-state index in [0.717, 1.165) is 12.8 Å². The number of hydrogen-bond acceptors (Lipinski definition) is 5. The number of piperidine rings is 1. The number of ether oxygens (including phenoxy) is 2. The van der Waals surface area contributed by atoms with Crippen molar-refractivity contribution >= 4 is 15.7 Å². The summed E-state index contributed by atoms with van der Waals surface area (Å²) in [6, 6.07) is 0. The maximum absolute atomic E-state index is 12.3. The van der Waals surface area contributed by atoms with Gasteiger partial charge in [-0.15, -0.1) is 0 Å². The molecule has 0 aliphatic carbocycles. The minimum Gasteiger partial charge on any atom is -0.347 e. The molecule has 0 atom stereocenters. The summed E-state index contributed by atoms with van der Waals surface area (Å²) in [6.45, 7) is 2.63. The molecule has 0 aromatic rings. The van der Waals surface area contributed by atoms with Gasteiger partial charge in [0.2, 0.25) is 5.91 Å².